The van der Waals surface area contributed by atoms with Gasteiger partial charge in [-0.3, -0.25) is 14.2 Å². The molecule has 2 aromatic heterocycles. The van der Waals surface area contributed by atoms with Crippen molar-refractivity contribution in [3.63, 3.8) is 0 Å². The number of alkyl halides is 3. The van der Waals surface area contributed by atoms with Crippen LogP contribution in [0.5, 0.6) is 0 Å². The van der Waals surface area contributed by atoms with Gasteiger partial charge in [-0.1, -0.05) is 32.1 Å². The highest BCUT2D eigenvalue weighted by atomic mass is 32.1. The number of hydrogen-bond acceptors (Lipinski definition) is 5. The fourth-order valence-electron chi connectivity index (χ4n) is 4.09. The molecule has 0 saturated heterocycles. The van der Waals surface area contributed by atoms with Crippen LogP contribution in [0.15, 0.2) is 40.9 Å². The molecule has 1 aromatic carbocycles. The first kappa shape index (κ1) is 21.5. The average Bonchev–Trinajstić information content (AvgIpc) is 3.25. The molecule has 1 saturated carbocycles. The second kappa shape index (κ2) is 8.78. The number of carbonyl (C=O) groups excluding carboxylic acids is 1. The highest BCUT2D eigenvalue weighted by Crippen LogP contribution is 2.32. The summed E-state index contributed by atoms with van der Waals surface area (Å²) < 4.78 is 40.2. The van der Waals surface area contributed by atoms with E-state index in [0.29, 0.717) is 11.6 Å². The van der Waals surface area contributed by atoms with Crippen LogP contribution in [0.1, 0.15) is 50.1 Å². The number of rotatable bonds is 5. The monoisotopic (exact) mass is 450 g/mol. The second-order valence-electron chi connectivity index (χ2n) is 7.77. The fraction of sp³-hybridized carbons (Fsp3) is 0.429. The number of nitrogens with one attached hydrogen (secondary N) is 1. The molecule has 0 spiro atoms. The van der Waals surface area contributed by atoms with Gasteiger partial charge in [-0.2, -0.15) is 13.2 Å². The Balaban J connectivity index is 1.71. The maximum atomic E-state index is 13.1. The number of nitrogens with zero attached hydrogens (tertiary/aromatic N) is 3. The van der Waals surface area contributed by atoms with Gasteiger partial charge in [0.25, 0.3) is 5.56 Å². The fourth-order valence-corrected chi connectivity index (χ4v) is 4.62. The number of carbonyl (C=O) groups is 1. The van der Waals surface area contributed by atoms with E-state index in [1.165, 1.54) is 22.2 Å². The molecule has 0 radical (unpaired) electrons. The maximum absolute atomic E-state index is 13.1. The van der Waals surface area contributed by atoms with E-state index in [1.807, 2.05) is 0 Å². The standard InChI is InChI=1S/C21H21F3N4O2S/c22-21(23,24)14-6-7-15-16(11-14)26-12-28(19(15)30)17(10-13-4-2-1-3-5-13)18(29)27-20-25-8-9-31-20/h6-9,11-13,17H,1-5,10H2,(H,25,27,29). The molecule has 6 nitrogen and oxygen atoms in total. The molecule has 1 unspecified atom stereocenters. The molecule has 0 aliphatic heterocycles. The quantitative estimate of drug-likeness (QED) is 0.592. The summed E-state index contributed by atoms with van der Waals surface area (Å²) in [6.45, 7) is 0. The van der Waals surface area contributed by atoms with E-state index in [-0.39, 0.29) is 22.7 Å². The Labute approximate surface area is 180 Å². The van der Waals surface area contributed by atoms with Crippen LogP contribution in [-0.2, 0) is 11.0 Å². The van der Waals surface area contributed by atoms with Crippen molar-refractivity contribution < 1.29 is 18.0 Å². The zero-order valence-corrected chi connectivity index (χ0v) is 17.4. The highest BCUT2D eigenvalue weighted by molar-refractivity contribution is 7.13. The largest absolute Gasteiger partial charge is 0.416 e. The van der Waals surface area contributed by atoms with Gasteiger partial charge in [-0.05, 0) is 30.5 Å². The number of thiazole rings is 1. The number of anilines is 1. The zero-order chi connectivity index (χ0) is 22.0. The second-order valence-corrected chi connectivity index (χ2v) is 8.66. The molecular formula is C21H21F3N4O2S. The first-order valence-electron chi connectivity index (χ1n) is 10.1. The van der Waals surface area contributed by atoms with Gasteiger partial charge in [0, 0.05) is 11.6 Å². The van der Waals surface area contributed by atoms with Crippen molar-refractivity contribution in [1.82, 2.24) is 14.5 Å². The van der Waals surface area contributed by atoms with Gasteiger partial charge in [0.15, 0.2) is 5.13 Å². The van der Waals surface area contributed by atoms with Crippen LogP contribution in [0.25, 0.3) is 10.9 Å². The summed E-state index contributed by atoms with van der Waals surface area (Å²) in [6.07, 6.45) is 3.96. The summed E-state index contributed by atoms with van der Waals surface area (Å²) in [6, 6.07) is 2.02. The third kappa shape index (κ3) is 4.79. The van der Waals surface area contributed by atoms with E-state index in [9.17, 15) is 22.8 Å². The van der Waals surface area contributed by atoms with Gasteiger partial charge in [-0.25, -0.2) is 9.97 Å². The van der Waals surface area contributed by atoms with Crippen molar-refractivity contribution >= 4 is 33.3 Å². The van der Waals surface area contributed by atoms with Crippen molar-refractivity contribution in [2.45, 2.75) is 50.7 Å². The Hall–Kier alpha value is -2.75. The summed E-state index contributed by atoms with van der Waals surface area (Å²) in [5.41, 5.74) is -1.45. The molecule has 1 aliphatic carbocycles. The predicted molar refractivity (Wildman–Crippen MR) is 112 cm³/mol. The van der Waals surface area contributed by atoms with Crippen molar-refractivity contribution in [3.8, 4) is 0 Å². The third-order valence-electron chi connectivity index (χ3n) is 5.69. The summed E-state index contributed by atoms with van der Waals surface area (Å²) >= 11 is 1.27. The minimum atomic E-state index is -4.53. The summed E-state index contributed by atoms with van der Waals surface area (Å²) in [4.78, 5) is 34.3. The topological polar surface area (TPSA) is 76.9 Å². The molecule has 1 N–H and O–H groups in total. The Morgan fingerprint density at radius 2 is 2.00 bits per heavy atom. The average molecular weight is 450 g/mol. The summed E-state index contributed by atoms with van der Waals surface area (Å²) in [7, 11) is 0. The van der Waals surface area contributed by atoms with Crippen LogP contribution in [0.4, 0.5) is 18.3 Å². The van der Waals surface area contributed by atoms with Gasteiger partial charge in [0.1, 0.15) is 6.04 Å². The first-order valence-corrected chi connectivity index (χ1v) is 11.0. The molecule has 164 valence electrons. The molecule has 0 bridgehead atoms. The molecule has 3 aromatic rings. The molecule has 1 aliphatic rings. The normalized spacial score (nSPS) is 16.4. The number of aromatic nitrogens is 3. The van der Waals surface area contributed by atoms with Gasteiger partial charge in [0.05, 0.1) is 22.8 Å². The molecule has 2 heterocycles. The van der Waals surface area contributed by atoms with Crippen LogP contribution in [0, 0.1) is 5.92 Å². The SMILES string of the molecule is O=C(Nc1nccs1)C(CC1CCCCC1)n1cnc2cc(C(F)(F)F)ccc2c1=O. The Kier molecular flexibility index (Phi) is 6.08. The molecule has 4 rings (SSSR count). The molecule has 10 heteroatoms. The number of hydrogen-bond donors (Lipinski definition) is 1. The van der Waals surface area contributed by atoms with E-state index in [0.717, 1.165) is 50.3 Å². The van der Waals surface area contributed by atoms with Crippen molar-refractivity contribution in [3.05, 3.63) is 52.0 Å². The van der Waals surface area contributed by atoms with Crippen molar-refractivity contribution in [2.75, 3.05) is 5.32 Å². The van der Waals surface area contributed by atoms with Crippen LogP contribution in [0.3, 0.4) is 0 Å². The number of fused-ring (bicyclic) bond motifs is 1. The van der Waals surface area contributed by atoms with Crippen molar-refractivity contribution in [2.24, 2.45) is 5.92 Å². The van der Waals surface area contributed by atoms with Crippen LogP contribution in [-0.4, -0.2) is 20.4 Å². The van der Waals surface area contributed by atoms with E-state index in [1.54, 1.807) is 11.6 Å². The number of amides is 1. The lowest BCUT2D eigenvalue weighted by Crippen LogP contribution is -2.35. The van der Waals surface area contributed by atoms with E-state index in [2.05, 4.69) is 15.3 Å². The lowest BCUT2D eigenvalue weighted by Gasteiger charge is -2.27. The third-order valence-corrected chi connectivity index (χ3v) is 6.38. The first-order chi connectivity index (χ1) is 14.8. The van der Waals surface area contributed by atoms with Gasteiger partial charge in [0.2, 0.25) is 5.91 Å². The van der Waals surface area contributed by atoms with Gasteiger partial charge >= 0.3 is 6.18 Å². The lowest BCUT2D eigenvalue weighted by atomic mass is 9.84. The Morgan fingerprint density at radius 3 is 2.68 bits per heavy atom. The zero-order valence-electron chi connectivity index (χ0n) is 16.6. The van der Waals surface area contributed by atoms with Crippen molar-refractivity contribution in [1.29, 1.82) is 0 Å². The van der Waals surface area contributed by atoms with Gasteiger partial charge in [-0.15, -0.1) is 11.3 Å². The molecule has 1 fully saturated rings. The van der Waals surface area contributed by atoms with Gasteiger partial charge < -0.3 is 5.32 Å². The summed E-state index contributed by atoms with van der Waals surface area (Å²) in [5, 5.41) is 4.95. The van der Waals surface area contributed by atoms with Crippen LogP contribution < -0.4 is 10.9 Å². The molecule has 31 heavy (non-hydrogen) atoms. The molecule has 1 amide bonds. The smallest absolute Gasteiger partial charge is 0.300 e. The maximum Gasteiger partial charge on any atom is 0.416 e. The number of halogens is 3. The molecular weight excluding hydrogens is 429 g/mol. The predicted octanol–water partition coefficient (Wildman–Crippen LogP) is 5.02. The van der Waals surface area contributed by atoms with Crippen LogP contribution >= 0.6 is 11.3 Å². The summed E-state index contributed by atoms with van der Waals surface area (Å²) in [5.74, 6) is -0.0910. The Bertz CT molecular complexity index is 1120. The van der Waals surface area contributed by atoms with Crippen LogP contribution in [0.2, 0.25) is 0 Å². The minimum Gasteiger partial charge on any atom is -0.300 e. The van der Waals surface area contributed by atoms with E-state index in [4.69, 9.17) is 0 Å². The number of benzene rings is 1. The van der Waals surface area contributed by atoms with E-state index >= 15 is 0 Å². The van der Waals surface area contributed by atoms with E-state index < -0.39 is 23.3 Å². The lowest BCUT2D eigenvalue weighted by molar-refractivity contribution is -0.137. The minimum absolute atomic E-state index is 0.0474. The molecule has 1 atom stereocenters. The Morgan fingerprint density at radius 1 is 1.23 bits per heavy atom. The highest BCUT2D eigenvalue weighted by Gasteiger charge is 2.32.